The van der Waals surface area contributed by atoms with E-state index in [0.717, 1.165) is 27.8 Å². The molecule has 0 saturated heterocycles. The zero-order valence-electron chi connectivity index (χ0n) is 17.7. The maximum Gasteiger partial charge on any atom is 0.257 e. The van der Waals surface area contributed by atoms with Crippen molar-refractivity contribution in [1.29, 1.82) is 5.26 Å². The number of para-hydroxylation sites is 2. The van der Waals surface area contributed by atoms with Gasteiger partial charge >= 0.3 is 0 Å². The fourth-order valence-electron chi connectivity index (χ4n) is 3.72. The van der Waals surface area contributed by atoms with E-state index < -0.39 is 0 Å². The van der Waals surface area contributed by atoms with Crippen molar-refractivity contribution in [3.05, 3.63) is 95.7 Å². The molecule has 1 heterocycles. The monoisotopic (exact) mass is 425 g/mol. The first kappa shape index (κ1) is 21.0. The summed E-state index contributed by atoms with van der Waals surface area (Å²) in [6.45, 7) is 0.234. The molecule has 6 heteroatoms. The van der Waals surface area contributed by atoms with Gasteiger partial charge in [0.25, 0.3) is 5.91 Å². The molecule has 3 aromatic carbocycles. The van der Waals surface area contributed by atoms with Crippen molar-refractivity contribution in [1.82, 2.24) is 10.3 Å². The van der Waals surface area contributed by atoms with Crippen molar-refractivity contribution >= 4 is 16.8 Å². The molecule has 6 nitrogen and oxygen atoms in total. The Kier molecular flexibility index (Phi) is 6.38. The summed E-state index contributed by atoms with van der Waals surface area (Å²) in [5, 5.41) is 13.3. The van der Waals surface area contributed by atoms with Crippen molar-refractivity contribution in [2.24, 2.45) is 0 Å². The molecular weight excluding hydrogens is 402 g/mol. The van der Waals surface area contributed by atoms with Crippen molar-refractivity contribution < 1.29 is 14.3 Å². The van der Waals surface area contributed by atoms with Gasteiger partial charge in [0, 0.05) is 29.6 Å². The van der Waals surface area contributed by atoms with E-state index in [2.05, 4.69) is 22.4 Å². The van der Waals surface area contributed by atoms with Gasteiger partial charge in [0.1, 0.15) is 17.6 Å². The standard InChI is InChI=1S/C26H23N3O3/c1-31-20-12-10-18(11-13-20)22(23-16-28-24-8-4-3-7-21(23)24)15-29-26(30)17-32-25-9-5-2-6-19(25)14-27/h2-13,16,22,28H,15,17H2,1H3,(H,29,30). The number of nitriles is 1. The molecule has 2 N–H and O–H groups in total. The smallest absolute Gasteiger partial charge is 0.257 e. The van der Waals surface area contributed by atoms with Crippen LogP contribution in [0.4, 0.5) is 0 Å². The lowest BCUT2D eigenvalue weighted by Crippen LogP contribution is -2.32. The number of hydrogen-bond donors (Lipinski definition) is 2. The zero-order chi connectivity index (χ0) is 22.3. The lowest BCUT2D eigenvalue weighted by molar-refractivity contribution is -0.123. The summed E-state index contributed by atoms with van der Waals surface area (Å²) in [6.07, 6.45) is 1.99. The number of H-pyrrole nitrogens is 1. The van der Waals surface area contributed by atoms with Gasteiger partial charge in [-0.1, -0.05) is 42.5 Å². The van der Waals surface area contributed by atoms with E-state index in [1.165, 1.54) is 0 Å². The number of aromatic nitrogens is 1. The predicted octanol–water partition coefficient (Wildman–Crippen LogP) is 4.38. The van der Waals surface area contributed by atoms with Gasteiger partial charge in [-0.25, -0.2) is 0 Å². The molecular formula is C26H23N3O3. The molecule has 0 bridgehead atoms. The van der Waals surface area contributed by atoms with Crippen LogP contribution in [0.5, 0.6) is 11.5 Å². The summed E-state index contributed by atoms with van der Waals surface area (Å²) in [7, 11) is 1.64. The van der Waals surface area contributed by atoms with Crippen molar-refractivity contribution in [2.45, 2.75) is 5.92 Å². The molecule has 0 aliphatic rings. The lowest BCUT2D eigenvalue weighted by atomic mass is 9.91. The van der Waals surface area contributed by atoms with Crippen LogP contribution < -0.4 is 14.8 Å². The number of benzene rings is 3. The largest absolute Gasteiger partial charge is 0.497 e. The van der Waals surface area contributed by atoms with Crippen LogP contribution in [-0.2, 0) is 4.79 Å². The Morgan fingerprint density at radius 3 is 2.59 bits per heavy atom. The summed E-state index contributed by atoms with van der Waals surface area (Å²) in [4.78, 5) is 15.9. The number of aromatic amines is 1. The highest BCUT2D eigenvalue weighted by Gasteiger charge is 2.19. The minimum Gasteiger partial charge on any atom is -0.497 e. The first-order valence-corrected chi connectivity index (χ1v) is 10.3. The molecule has 0 spiro atoms. The number of methoxy groups -OCH3 is 1. The Hall–Kier alpha value is -4.24. The van der Waals surface area contributed by atoms with Crippen LogP contribution in [0.25, 0.3) is 10.9 Å². The van der Waals surface area contributed by atoms with Gasteiger partial charge in [0.05, 0.1) is 12.7 Å². The third-order valence-electron chi connectivity index (χ3n) is 5.38. The molecule has 1 unspecified atom stereocenters. The van der Waals surface area contributed by atoms with Gasteiger partial charge in [0.15, 0.2) is 6.61 Å². The Morgan fingerprint density at radius 2 is 1.81 bits per heavy atom. The molecule has 0 aliphatic carbocycles. The quantitative estimate of drug-likeness (QED) is 0.439. The van der Waals surface area contributed by atoms with Crippen molar-refractivity contribution in [2.75, 3.05) is 20.3 Å². The predicted molar refractivity (Wildman–Crippen MR) is 123 cm³/mol. The number of carbonyl (C=O) groups excluding carboxylic acids is 1. The van der Waals surface area contributed by atoms with Gasteiger partial charge in [0.2, 0.25) is 0 Å². The summed E-state index contributed by atoms with van der Waals surface area (Å²) < 4.78 is 10.8. The Morgan fingerprint density at radius 1 is 1.06 bits per heavy atom. The van der Waals surface area contributed by atoms with Crippen LogP contribution in [0.15, 0.2) is 79.0 Å². The maximum atomic E-state index is 12.5. The first-order valence-electron chi connectivity index (χ1n) is 10.3. The number of carbonyl (C=O) groups is 1. The van der Waals surface area contributed by atoms with E-state index in [0.29, 0.717) is 17.9 Å². The molecule has 4 rings (SSSR count). The highest BCUT2D eigenvalue weighted by Crippen LogP contribution is 2.31. The topological polar surface area (TPSA) is 87.1 Å². The van der Waals surface area contributed by atoms with Crippen molar-refractivity contribution in [3.8, 4) is 17.6 Å². The van der Waals surface area contributed by atoms with Crippen LogP contribution in [0, 0.1) is 11.3 Å². The van der Waals surface area contributed by atoms with Gasteiger partial charge < -0.3 is 19.8 Å². The molecule has 0 radical (unpaired) electrons. The van der Waals surface area contributed by atoms with E-state index in [1.54, 1.807) is 31.4 Å². The summed E-state index contributed by atoms with van der Waals surface area (Å²) >= 11 is 0. The average molecular weight is 425 g/mol. The van der Waals surface area contributed by atoms with E-state index in [-0.39, 0.29) is 18.4 Å². The van der Waals surface area contributed by atoms with Gasteiger partial charge in [-0.2, -0.15) is 5.26 Å². The first-order chi connectivity index (χ1) is 15.7. The second kappa shape index (κ2) is 9.71. The average Bonchev–Trinajstić information content (AvgIpc) is 3.27. The molecule has 4 aromatic rings. The molecule has 0 aliphatic heterocycles. The van der Waals surface area contributed by atoms with Gasteiger partial charge in [-0.3, -0.25) is 4.79 Å². The second-order valence-corrected chi connectivity index (χ2v) is 7.32. The second-order valence-electron chi connectivity index (χ2n) is 7.32. The fraction of sp³-hybridized carbons (Fsp3) is 0.154. The van der Waals surface area contributed by atoms with Crippen LogP contribution >= 0.6 is 0 Å². The number of fused-ring (bicyclic) bond motifs is 1. The molecule has 32 heavy (non-hydrogen) atoms. The molecule has 1 atom stereocenters. The van der Waals surface area contributed by atoms with Gasteiger partial charge in [-0.15, -0.1) is 0 Å². The summed E-state index contributed by atoms with van der Waals surface area (Å²) in [5.74, 6) is 0.858. The highest BCUT2D eigenvalue weighted by atomic mass is 16.5. The molecule has 1 amide bonds. The molecule has 0 saturated carbocycles. The van der Waals surface area contributed by atoms with E-state index in [1.807, 2.05) is 48.7 Å². The maximum absolute atomic E-state index is 12.5. The number of nitrogens with zero attached hydrogens (tertiary/aromatic N) is 1. The number of rotatable bonds is 8. The normalized spacial score (nSPS) is 11.5. The van der Waals surface area contributed by atoms with E-state index in [9.17, 15) is 10.1 Å². The highest BCUT2D eigenvalue weighted by molar-refractivity contribution is 5.84. The SMILES string of the molecule is COc1ccc(C(CNC(=O)COc2ccccc2C#N)c2c[nH]c3ccccc23)cc1. The van der Waals surface area contributed by atoms with Crippen LogP contribution in [0.2, 0.25) is 0 Å². The third kappa shape index (κ3) is 4.57. The Labute approximate surface area is 186 Å². The van der Waals surface area contributed by atoms with E-state index >= 15 is 0 Å². The Bertz CT molecular complexity index is 1260. The fourth-order valence-corrected chi connectivity index (χ4v) is 3.72. The third-order valence-corrected chi connectivity index (χ3v) is 5.38. The molecule has 1 aromatic heterocycles. The van der Waals surface area contributed by atoms with Crippen molar-refractivity contribution in [3.63, 3.8) is 0 Å². The summed E-state index contributed by atoms with van der Waals surface area (Å²) in [6, 6.07) is 24.9. The lowest BCUT2D eigenvalue weighted by Gasteiger charge is -2.19. The minimum absolute atomic E-state index is 0.0626. The molecule has 0 fully saturated rings. The number of ether oxygens (including phenoxy) is 2. The number of nitrogens with one attached hydrogen (secondary N) is 2. The van der Waals surface area contributed by atoms with Crippen LogP contribution in [0.3, 0.4) is 0 Å². The minimum atomic E-state index is -0.254. The Balaban J connectivity index is 1.51. The number of amides is 1. The summed E-state index contributed by atoms with van der Waals surface area (Å²) in [5.41, 5.74) is 3.60. The van der Waals surface area contributed by atoms with Gasteiger partial charge in [-0.05, 0) is 41.5 Å². The van der Waals surface area contributed by atoms with Crippen LogP contribution in [-0.4, -0.2) is 31.2 Å². The van der Waals surface area contributed by atoms with Crippen LogP contribution in [0.1, 0.15) is 22.6 Å². The van der Waals surface area contributed by atoms with E-state index in [4.69, 9.17) is 9.47 Å². The zero-order valence-corrected chi connectivity index (χ0v) is 17.7. The molecule has 160 valence electrons. The number of hydrogen-bond acceptors (Lipinski definition) is 4.